The molecule has 4 aromatic heterocycles. The number of nitrogens with zero attached hydrogens (tertiary/aromatic N) is 16. The summed E-state index contributed by atoms with van der Waals surface area (Å²) in [6.07, 6.45) is 11.3. The molecule has 4 unspecified atom stereocenters. The Bertz CT molecular complexity index is 4610. The number of methoxy groups -OCH3 is 2. The van der Waals surface area contributed by atoms with Crippen LogP contribution in [0.25, 0.3) is 44.1 Å². The number of carboxylic acids is 1. The summed E-state index contributed by atoms with van der Waals surface area (Å²) in [7, 11) is 4.42. The summed E-state index contributed by atoms with van der Waals surface area (Å²) in [6.45, 7) is 0.223. The summed E-state index contributed by atoms with van der Waals surface area (Å²) in [5, 5.41) is 52.9. The number of rotatable bonds is 8. The molecule has 4 aromatic carbocycles. The number of nitrogens with one attached hydrogen (secondary N) is 2. The van der Waals surface area contributed by atoms with Crippen LogP contribution in [-0.2, 0) is 28.7 Å². The van der Waals surface area contributed by atoms with E-state index in [1.165, 1.54) is 84.3 Å². The Morgan fingerprint density at radius 2 is 0.830 bits per heavy atom. The number of benzene rings is 4. The number of hydrogen-bond donors (Lipinski definition) is 2. The average Bonchev–Trinajstić information content (AvgIpc) is 0.781. The molecule has 5 aliphatic rings. The number of hydrogen-bond acceptors (Lipinski definition) is 25. The van der Waals surface area contributed by atoms with E-state index in [9.17, 15) is 64.7 Å². The van der Waals surface area contributed by atoms with Gasteiger partial charge in [-0.25, -0.2) is 35.1 Å². The minimum atomic E-state index is -3.15. The predicted octanol–water partition coefficient (Wildman–Crippen LogP) is 2.16. The van der Waals surface area contributed by atoms with Crippen molar-refractivity contribution in [2.75, 3.05) is 101 Å². The topological polar surface area (TPSA) is 375 Å². The number of aromatic nitrogens is 8. The van der Waals surface area contributed by atoms with Crippen molar-refractivity contribution in [3.8, 4) is 24.3 Å². The van der Waals surface area contributed by atoms with Crippen LogP contribution in [-0.4, -0.2) is 191 Å². The van der Waals surface area contributed by atoms with Gasteiger partial charge in [-0.05, 0) is 97.4 Å². The quantitative estimate of drug-likeness (QED) is 0.125. The van der Waals surface area contributed by atoms with E-state index < -0.39 is 111 Å². The zero-order valence-corrected chi connectivity index (χ0v) is 58.9. The molecule has 106 heavy (non-hydrogen) atoms. The number of likely N-dealkylation sites (tertiary alicyclic amines) is 1. The van der Waals surface area contributed by atoms with Crippen LogP contribution >= 0.6 is 15.9 Å². The van der Waals surface area contributed by atoms with Gasteiger partial charge in [0.1, 0.15) is 68.4 Å². The van der Waals surface area contributed by atoms with Gasteiger partial charge in [0.2, 0.25) is 5.91 Å². The van der Waals surface area contributed by atoms with Crippen LogP contribution in [0.15, 0.2) is 103 Å². The van der Waals surface area contributed by atoms with Gasteiger partial charge in [0.05, 0.1) is 97.5 Å². The predicted molar refractivity (Wildman–Crippen MR) is 363 cm³/mol. The number of fused-ring (bicyclic) bond motifs is 4. The van der Waals surface area contributed by atoms with Crippen molar-refractivity contribution < 1.29 is 112 Å². The number of halogens is 9. The number of ether oxygens (including phenoxy) is 2. The molecule has 0 aliphatic carbocycles. The summed E-state index contributed by atoms with van der Waals surface area (Å²) < 4.78 is 120. The Kier molecular flexibility index (Phi) is 31.3. The second-order valence-electron chi connectivity index (χ2n) is 24.7. The van der Waals surface area contributed by atoms with Crippen molar-refractivity contribution in [1.29, 1.82) is 21.0 Å². The molecule has 5 saturated heterocycles. The van der Waals surface area contributed by atoms with Crippen LogP contribution in [0.4, 0.5) is 52.2 Å². The first-order valence-corrected chi connectivity index (χ1v) is 32.4. The molecule has 0 saturated carbocycles. The number of carboxylic acid groups (broad SMARTS) is 1. The number of amides is 1. The molecule has 0 radical (unpaired) electrons. The number of anilines is 3. The molecule has 0 bridgehead atoms. The van der Waals surface area contributed by atoms with E-state index in [0.29, 0.717) is 72.4 Å². The number of alkyl halides is 8. The smallest absolute Gasteiger partial charge is 0.870 e. The number of esters is 2. The van der Waals surface area contributed by atoms with Crippen molar-refractivity contribution in [2.24, 2.45) is 23.7 Å². The van der Waals surface area contributed by atoms with Crippen LogP contribution in [0.3, 0.4) is 0 Å². The van der Waals surface area contributed by atoms with E-state index in [2.05, 4.69) is 92.9 Å². The molecule has 9 heterocycles. The first-order chi connectivity index (χ1) is 48.6. The monoisotopic (exact) mass is 1520 g/mol. The van der Waals surface area contributed by atoms with Crippen LogP contribution in [0.2, 0.25) is 0 Å². The van der Waals surface area contributed by atoms with Crippen LogP contribution < -0.4 is 68.2 Å². The molecule has 5 aliphatic heterocycles. The van der Waals surface area contributed by atoms with Crippen molar-refractivity contribution >= 4 is 101 Å². The largest absolute Gasteiger partial charge is 1.00 e. The number of aliphatic carboxylic acids is 1. The molecule has 13 rings (SSSR count). The van der Waals surface area contributed by atoms with E-state index in [1.807, 2.05) is 19.2 Å². The molecule has 8 aromatic rings. The van der Waals surface area contributed by atoms with Crippen molar-refractivity contribution in [3.63, 3.8) is 0 Å². The van der Waals surface area contributed by atoms with E-state index in [4.69, 9.17) is 15.8 Å². The van der Waals surface area contributed by atoms with E-state index in [1.54, 1.807) is 42.7 Å². The Morgan fingerprint density at radius 1 is 0.509 bits per heavy atom. The zero-order valence-electron chi connectivity index (χ0n) is 57.3. The zero-order chi connectivity index (χ0) is 73.7. The third-order valence-electron chi connectivity index (χ3n) is 17.3. The van der Waals surface area contributed by atoms with Gasteiger partial charge in [-0.15, -0.1) is 0 Å². The maximum absolute atomic E-state index is 14.6. The Hall–Kier alpha value is -9.53. The van der Waals surface area contributed by atoms with Gasteiger partial charge in [-0.2, -0.15) is 21.0 Å². The number of carbonyl (C=O) groups excluding carboxylic acids is 4. The molecular formula is C69H69BrF8Li2N18O8. The molecule has 0 spiro atoms. The Morgan fingerprint density at radius 3 is 1.21 bits per heavy atom. The Balaban J connectivity index is 0.000000244. The molecule has 4 atom stereocenters. The van der Waals surface area contributed by atoms with Gasteiger partial charge >= 0.3 is 49.7 Å². The fourth-order valence-electron chi connectivity index (χ4n) is 12.5. The number of nitriles is 4. The third-order valence-corrected chi connectivity index (χ3v) is 17.9. The van der Waals surface area contributed by atoms with Gasteiger partial charge in [-0.1, -0.05) is 7.43 Å². The van der Waals surface area contributed by atoms with Crippen molar-refractivity contribution in [1.82, 2.24) is 55.4 Å². The third kappa shape index (κ3) is 21.8. The van der Waals surface area contributed by atoms with Crippen LogP contribution in [0.1, 0.15) is 68.2 Å². The molecule has 3 N–H and O–H groups in total. The molecule has 1 amide bonds. The molecule has 5 fully saturated rings. The summed E-state index contributed by atoms with van der Waals surface area (Å²) >= 11 is 3.35. The summed E-state index contributed by atoms with van der Waals surface area (Å²) in [5.41, 5.74) is 6.12. The summed E-state index contributed by atoms with van der Waals surface area (Å²) in [6, 6.07) is 20.9. The van der Waals surface area contributed by atoms with Gasteiger partial charge in [0.15, 0.2) is 0 Å². The SMILES string of the molecule is C.CN1CCC(NC(=O)C2CN(c3ccc(C#N)c4nccnc34)CC(F)(F)C2)CC1.COC(=O)C1CN(c2ccc(C#N)c3nccnc23)CC(F)(F)C1.COC(=O)C1CNCC(F)(F)C1.N#Cc1ccc(Br)c2nccnc12.N#Cc1ccc(N2CC(C(=O)[O-])CC(F)(F)C2)c2nccnc12.[Li+].[Li+].[OH-]. The minimum Gasteiger partial charge on any atom is -0.870 e. The van der Waals surface area contributed by atoms with E-state index in [0.717, 1.165) is 35.9 Å². The molecular weight excluding hydrogens is 1450 g/mol. The van der Waals surface area contributed by atoms with Gasteiger partial charge < -0.3 is 55.1 Å². The second-order valence-corrected chi connectivity index (χ2v) is 25.6. The normalized spacial score (nSPS) is 19.6. The molecule has 37 heteroatoms. The number of piperidine rings is 5. The Labute approximate surface area is 635 Å². The molecule has 548 valence electrons. The summed E-state index contributed by atoms with van der Waals surface area (Å²) in [4.78, 5) is 86.0. The van der Waals surface area contributed by atoms with Gasteiger partial charge in [0.25, 0.3) is 23.7 Å². The van der Waals surface area contributed by atoms with Gasteiger partial charge in [-0.3, -0.25) is 54.3 Å². The maximum Gasteiger partial charge on any atom is 1.00 e. The minimum absolute atomic E-state index is 0. The fraction of sp³-hybridized carbons (Fsp3) is 0.420. The van der Waals surface area contributed by atoms with E-state index >= 15 is 0 Å². The fourth-order valence-corrected chi connectivity index (χ4v) is 12.9. The average molecular weight is 1520 g/mol. The van der Waals surface area contributed by atoms with Crippen molar-refractivity contribution in [2.45, 2.75) is 75.7 Å². The maximum atomic E-state index is 14.6. The number of carbonyl (C=O) groups is 4. The molecule has 26 nitrogen and oxygen atoms in total. The first-order valence-electron chi connectivity index (χ1n) is 31.6. The second kappa shape index (κ2) is 38.1. The van der Waals surface area contributed by atoms with Gasteiger partial charge in [0, 0.05) is 124 Å². The first kappa shape index (κ1) is 87.1. The van der Waals surface area contributed by atoms with E-state index in [-0.39, 0.29) is 101 Å². The van der Waals surface area contributed by atoms with Crippen LogP contribution in [0, 0.1) is 69.0 Å². The standard InChI is InChI=1S/C21H24F2N6O.C16H14F2N4O2.C15H12F2N4O2.C9H4BrN3.C7H11F2NO2.CH4.2Li.H2O/c1-28-8-4-16(5-9-28)27-20(30)15-10-21(22,23)13-29(12-15)17-3-2-14(11-24)18-19(17)26-7-6-25-18;1-24-15(23)11-6-16(17,18)9-22(8-11)12-3-2-10(7-19)13-14(12)21-5-4-20-13;16-15(17)5-10(14(22)23)7-21(8-15)11-2-1-9(6-18)12-13(11)20-4-3-19-12;10-7-2-1-6(5-11)8-9(7)13-4-3-12-8;1-12-6(11)5-2-7(8,9)4-10-3-5;;;;/h2-3,6-7,15-16H,4-5,8-10,12-13H2,1H3,(H,27,30);2-5,11H,6,8-9H2,1H3;1-4,10H,5,7-8H2,(H,22,23);1-4H;5,10H,2-4H2,1H3;1H4;;;1H2/q;;;;;;2*+1;/p-2. The van der Waals surface area contributed by atoms with Crippen LogP contribution in [0.5, 0.6) is 0 Å². The van der Waals surface area contributed by atoms with Crippen molar-refractivity contribution in [3.05, 3.63) is 125 Å². The summed E-state index contributed by atoms with van der Waals surface area (Å²) in [5.74, 6) is -18.8.